The number of H-pyrrole nitrogens is 2. The Kier molecular flexibility index (Phi) is 4.13. The molecule has 0 fully saturated rings. The molecule has 24 heavy (non-hydrogen) atoms. The highest BCUT2D eigenvalue weighted by Gasteiger charge is 2.31. The highest BCUT2D eigenvalue weighted by atomic mass is 35.5. The first kappa shape index (κ1) is 16.6. The van der Waals surface area contributed by atoms with Crippen molar-refractivity contribution >= 4 is 22.6 Å². The Morgan fingerprint density at radius 3 is 2.58 bits per heavy atom. The van der Waals surface area contributed by atoms with Crippen molar-refractivity contribution in [2.24, 2.45) is 0 Å². The van der Waals surface area contributed by atoms with E-state index in [-0.39, 0.29) is 16.6 Å². The molecule has 1 atom stereocenters. The Bertz CT molecular complexity index is 946. The topological polar surface area (TPSA) is 61.5 Å². The standard InChI is InChI=1S/C16H13ClF3N3O/c1-8(9-2-3-12-14(5-9)23-15(24)22-12)4-13-11(17)6-10(7-21-13)16(18,19)20/h2-3,5-8H,4H2,1H3,(H2,22,23,24). The molecule has 0 saturated heterocycles. The summed E-state index contributed by atoms with van der Waals surface area (Å²) in [6.07, 6.45) is -3.29. The van der Waals surface area contributed by atoms with Crippen molar-refractivity contribution in [3.63, 3.8) is 0 Å². The Morgan fingerprint density at radius 2 is 1.92 bits per heavy atom. The van der Waals surface area contributed by atoms with Crippen molar-refractivity contribution in [3.8, 4) is 0 Å². The van der Waals surface area contributed by atoms with E-state index < -0.39 is 11.7 Å². The van der Waals surface area contributed by atoms with Gasteiger partial charge in [-0.25, -0.2) is 4.79 Å². The van der Waals surface area contributed by atoms with Gasteiger partial charge in [-0.2, -0.15) is 13.2 Å². The molecule has 0 saturated carbocycles. The van der Waals surface area contributed by atoms with Gasteiger partial charge < -0.3 is 9.97 Å². The molecular weight excluding hydrogens is 343 g/mol. The highest BCUT2D eigenvalue weighted by Crippen LogP contribution is 2.32. The first-order valence-electron chi connectivity index (χ1n) is 7.17. The predicted molar refractivity (Wildman–Crippen MR) is 85.3 cm³/mol. The van der Waals surface area contributed by atoms with Gasteiger partial charge >= 0.3 is 11.9 Å². The Hall–Kier alpha value is -2.28. The van der Waals surface area contributed by atoms with Gasteiger partial charge in [-0.05, 0) is 36.1 Å². The number of pyridine rings is 1. The molecule has 1 aromatic carbocycles. The summed E-state index contributed by atoms with van der Waals surface area (Å²) in [4.78, 5) is 20.5. The van der Waals surface area contributed by atoms with Crippen LogP contribution in [0.5, 0.6) is 0 Å². The SMILES string of the molecule is CC(Cc1ncc(C(F)(F)F)cc1Cl)c1ccc2[nH]c(=O)[nH]c2c1. The number of aromatic nitrogens is 3. The van der Waals surface area contributed by atoms with Crippen molar-refractivity contribution < 1.29 is 13.2 Å². The van der Waals surface area contributed by atoms with E-state index in [0.717, 1.165) is 17.8 Å². The molecule has 0 radical (unpaired) electrons. The molecule has 2 aromatic heterocycles. The number of aromatic amines is 2. The minimum absolute atomic E-state index is 0.00666. The summed E-state index contributed by atoms with van der Waals surface area (Å²) in [5.74, 6) is -0.0328. The summed E-state index contributed by atoms with van der Waals surface area (Å²) < 4.78 is 37.9. The molecule has 0 spiro atoms. The lowest BCUT2D eigenvalue weighted by Gasteiger charge is -2.14. The van der Waals surface area contributed by atoms with E-state index in [0.29, 0.717) is 23.1 Å². The van der Waals surface area contributed by atoms with E-state index in [9.17, 15) is 18.0 Å². The highest BCUT2D eigenvalue weighted by molar-refractivity contribution is 6.31. The maximum atomic E-state index is 12.6. The second-order valence-electron chi connectivity index (χ2n) is 5.64. The number of nitrogens with zero attached hydrogens (tertiary/aromatic N) is 1. The number of hydrogen-bond donors (Lipinski definition) is 2. The van der Waals surface area contributed by atoms with Crippen LogP contribution < -0.4 is 5.69 Å². The quantitative estimate of drug-likeness (QED) is 0.737. The third-order valence-corrected chi connectivity index (χ3v) is 4.18. The zero-order valence-corrected chi connectivity index (χ0v) is 13.3. The second kappa shape index (κ2) is 5.98. The average Bonchev–Trinajstić information content (AvgIpc) is 2.87. The molecule has 2 heterocycles. The average molecular weight is 356 g/mol. The number of benzene rings is 1. The number of nitrogens with one attached hydrogen (secondary N) is 2. The van der Waals surface area contributed by atoms with Gasteiger partial charge in [0.2, 0.25) is 0 Å². The Labute approximate surface area is 139 Å². The first-order chi connectivity index (χ1) is 11.2. The number of halogens is 4. The molecule has 0 bridgehead atoms. The predicted octanol–water partition coefficient (Wildman–Crippen LogP) is 4.27. The Morgan fingerprint density at radius 1 is 1.21 bits per heavy atom. The van der Waals surface area contributed by atoms with Crippen LogP contribution in [0.25, 0.3) is 11.0 Å². The molecule has 4 nitrogen and oxygen atoms in total. The molecule has 1 unspecified atom stereocenters. The minimum Gasteiger partial charge on any atom is -0.306 e. The fraction of sp³-hybridized carbons (Fsp3) is 0.250. The summed E-state index contributed by atoms with van der Waals surface area (Å²) in [7, 11) is 0. The van der Waals surface area contributed by atoms with Gasteiger partial charge in [0.25, 0.3) is 0 Å². The number of imidazole rings is 1. The van der Waals surface area contributed by atoms with Crippen LogP contribution in [0.3, 0.4) is 0 Å². The number of alkyl halides is 3. The van der Waals surface area contributed by atoms with Gasteiger partial charge in [0.15, 0.2) is 0 Å². The largest absolute Gasteiger partial charge is 0.417 e. The van der Waals surface area contributed by atoms with Crippen molar-refractivity contribution in [1.82, 2.24) is 15.0 Å². The van der Waals surface area contributed by atoms with Gasteiger partial charge in [0, 0.05) is 6.20 Å². The summed E-state index contributed by atoms with van der Waals surface area (Å²) >= 11 is 5.95. The minimum atomic E-state index is -4.47. The van der Waals surface area contributed by atoms with Gasteiger partial charge in [-0.1, -0.05) is 24.6 Å². The summed E-state index contributed by atoms with van der Waals surface area (Å²) in [6, 6.07) is 6.36. The number of fused-ring (bicyclic) bond motifs is 1. The second-order valence-corrected chi connectivity index (χ2v) is 6.05. The van der Waals surface area contributed by atoms with Crippen LogP contribution in [0.4, 0.5) is 13.2 Å². The van der Waals surface area contributed by atoms with Crippen molar-refractivity contribution in [2.45, 2.75) is 25.4 Å². The fourth-order valence-corrected chi connectivity index (χ4v) is 2.78. The van der Waals surface area contributed by atoms with Crippen molar-refractivity contribution in [2.75, 3.05) is 0 Å². The lowest BCUT2D eigenvalue weighted by atomic mass is 9.95. The van der Waals surface area contributed by atoms with E-state index >= 15 is 0 Å². The van der Waals surface area contributed by atoms with E-state index in [4.69, 9.17) is 11.6 Å². The van der Waals surface area contributed by atoms with Gasteiger partial charge in [0.05, 0.1) is 27.3 Å². The fourth-order valence-electron chi connectivity index (χ4n) is 2.54. The zero-order chi connectivity index (χ0) is 17.5. The third-order valence-electron chi connectivity index (χ3n) is 3.85. The monoisotopic (exact) mass is 355 g/mol. The zero-order valence-electron chi connectivity index (χ0n) is 12.5. The van der Waals surface area contributed by atoms with Gasteiger partial charge in [0.1, 0.15) is 0 Å². The molecule has 8 heteroatoms. The molecule has 0 aliphatic heterocycles. The molecule has 0 aliphatic carbocycles. The molecule has 0 amide bonds. The van der Waals surface area contributed by atoms with E-state index in [1.165, 1.54) is 0 Å². The molecule has 126 valence electrons. The summed E-state index contributed by atoms with van der Waals surface area (Å²) in [5, 5.41) is -0.00666. The number of rotatable bonds is 3. The molecular formula is C16H13ClF3N3O. The van der Waals surface area contributed by atoms with Crippen LogP contribution >= 0.6 is 11.6 Å². The summed E-state index contributed by atoms with van der Waals surface area (Å²) in [6.45, 7) is 1.92. The van der Waals surface area contributed by atoms with E-state index in [1.807, 2.05) is 19.1 Å². The van der Waals surface area contributed by atoms with E-state index in [1.54, 1.807) is 6.07 Å². The van der Waals surface area contributed by atoms with E-state index in [2.05, 4.69) is 15.0 Å². The van der Waals surface area contributed by atoms with Gasteiger partial charge in [-0.15, -0.1) is 0 Å². The molecule has 2 N–H and O–H groups in total. The first-order valence-corrected chi connectivity index (χ1v) is 7.55. The van der Waals surface area contributed by atoms with Crippen LogP contribution in [-0.2, 0) is 12.6 Å². The summed E-state index contributed by atoms with van der Waals surface area (Å²) in [5.41, 5.74) is 1.55. The van der Waals surface area contributed by atoms with Crippen molar-refractivity contribution in [1.29, 1.82) is 0 Å². The number of hydrogen-bond acceptors (Lipinski definition) is 2. The molecule has 0 aliphatic rings. The normalized spacial score (nSPS) is 13.4. The maximum absolute atomic E-state index is 12.6. The molecule has 3 rings (SSSR count). The Balaban J connectivity index is 1.85. The van der Waals surface area contributed by atoms with Crippen LogP contribution in [-0.4, -0.2) is 15.0 Å². The lowest BCUT2D eigenvalue weighted by molar-refractivity contribution is -0.137. The lowest BCUT2D eigenvalue weighted by Crippen LogP contribution is -2.08. The third kappa shape index (κ3) is 3.31. The van der Waals surface area contributed by atoms with Crippen LogP contribution in [0.15, 0.2) is 35.3 Å². The van der Waals surface area contributed by atoms with Gasteiger partial charge in [-0.3, -0.25) is 4.98 Å². The van der Waals surface area contributed by atoms with Crippen LogP contribution in [0, 0.1) is 0 Å². The molecule has 3 aromatic rings. The smallest absolute Gasteiger partial charge is 0.306 e. The van der Waals surface area contributed by atoms with Crippen LogP contribution in [0.2, 0.25) is 5.02 Å². The van der Waals surface area contributed by atoms with Crippen LogP contribution in [0.1, 0.15) is 29.7 Å². The maximum Gasteiger partial charge on any atom is 0.417 e. The van der Waals surface area contributed by atoms with Crippen molar-refractivity contribution in [3.05, 3.63) is 62.8 Å².